The highest BCUT2D eigenvalue weighted by Gasteiger charge is 2.25. The van der Waals surface area contributed by atoms with Gasteiger partial charge in [0.15, 0.2) is 0 Å². The van der Waals surface area contributed by atoms with Gasteiger partial charge in [-0.25, -0.2) is 9.59 Å². The number of piperazine rings is 1. The molecule has 0 radical (unpaired) electrons. The first-order chi connectivity index (χ1) is 14.6. The molecule has 2 aliphatic heterocycles. The largest absolute Gasteiger partial charge is 0.354 e. The molecule has 0 bridgehead atoms. The first-order valence-electron chi connectivity index (χ1n) is 10.5. The van der Waals surface area contributed by atoms with Crippen molar-refractivity contribution in [1.29, 1.82) is 0 Å². The van der Waals surface area contributed by atoms with Crippen LogP contribution in [0.1, 0.15) is 12.0 Å². The van der Waals surface area contributed by atoms with Crippen LogP contribution in [0.3, 0.4) is 0 Å². The predicted octanol–water partition coefficient (Wildman–Crippen LogP) is 0.450. The SMILES string of the molecule is NCCC1CN(Cc2ccc(-n3ccc(NC(=O)N4CCNCC4)nc3=O)cc2)C1. The molecule has 9 nitrogen and oxygen atoms in total. The van der Waals surface area contributed by atoms with Gasteiger partial charge in [-0.15, -0.1) is 0 Å². The van der Waals surface area contributed by atoms with Gasteiger partial charge in [0.2, 0.25) is 0 Å². The summed E-state index contributed by atoms with van der Waals surface area (Å²) in [6, 6.07) is 9.34. The Balaban J connectivity index is 1.36. The lowest BCUT2D eigenvalue weighted by Crippen LogP contribution is -2.48. The molecule has 30 heavy (non-hydrogen) atoms. The highest BCUT2D eigenvalue weighted by Crippen LogP contribution is 2.21. The van der Waals surface area contributed by atoms with E-state index < -0.39 is 5.69 Å². The number of hydrogen-bond acceptors (Lipinski definition) is 6. The van der Waals surface area contributed by atoms with Gasteiger partial charge in [0.05, 0.1) is 5.69 Å². The minimum atomic E-state index is -0.423. The van der Waals surface area contributed by atoms with E-state index in [0.29, 0.717) is 13.1 Å². The number of benzene rings is 1. The van der Waals surface area contributed by atoms with E-state index in [2.05, 4.69) is 20.5 Å². The quantitative estimate of drug-likeness (QED) is 0.637. The Labute approximate surface area is 175 Å². The molecule has 2 aromatic rings. The smallest absolute Gasteiger partial charge is 0.330 e. The van der Waals surface area contributed by atoms with Gasteiger partial charge in [-0.3, -0.25) is 14.8 Å². The summed E-state index contributed by atoms with van der Waals surface area (Å²) in [4.78, 5) is 32.9. The van der Waals surface area contributed by atoms with Crippen LogP contribution in [0.5, 0.6) is 0 Å². The van der Waals surface area contributed by atoms with Crippen molar-refractivity contribution in [2.45, 2.75) is 13.0 Å². The molecule has 0 saturated carbocycles. The summed E-state index contributed by atoms with van der Waals surface area (Å²) in [6.07, 6.45) is 2.74. The van der Waals surface area contributed by atoms with Gasteiger partial charge in [0.1, 0.15) is 5.82 Å². The molecule has 2 amide bonds. The number of carbonyl (C=O) groups excluding carboxylic acids is 1. The Bertz CT molecular complexity index is 916. The monoisotopic (exact) mass is 411 g/mol. The van der Waals surface area contributed by atoms with Gasteiger partial charge >= 0.3 is 11.7 Å². The van der Waals surface area contributed by atoms with Gasteiger partial charge < -0.3 is 16.0 Å². The van der Waals surface area contributed by atoms with Crippen molar-refractivity contribution in [1.82, 2.24) is 24.7 Å². The number of hydrogen-bond donors (Lipinski definition) is 3. The van der Waals surface area contributed by atoms with Crippen molar-refractivity contribution < 1.29 is 4.79 Å². The highest BCUT2D eigenvalue weighted by atomic mass is 16.2. The van der Waals surface area contributed by atoms with Gasteiger partial charge in [0, 0.05) is 52.0 Å². The van der Waals surface area contributed by atoms with E-state index in [4.69, 9.17) is 5.73 Å². The van der Waals surface area contributed by atoms with E-state index in [-0.39, 0.29) is 11.8 Å². The van der Waals surface area contributed by atoms with Crippen molar-refractivity contribution in [3.05, 3.63) is 52.6 Å². The van der Waals surface area contributed by atoms with Crippen molar-refractivity contribution in [3.8, 4) is 5.69 Å². The summed E-state index contributed by atoms with van der Waals surface area (Å²) in [6.45, 7) is 6.68. The molecule has 1 aromatic carbocycles. The van der Waals surface area contributed by atoms with Crippen LogP contribution in [0.15, 0.2) is 41.3 Å². The van der Waals surface area contributed by atoms with Crippen LogP contribution in [0.4, 0.5) is 10.6 Å². The summed E-state index contributed by atoms with van der Waals surface area (Å²) in [7, 11) is 0. The molecule has 4 rings (SSSR count). The van der Waals surface area contributed by atoms with E-state index in [9.17, 15) is 9.59 Å². The summed E-state index contributed by atoms with van der Waals surface area (Å²) in [5, 5.41) is 5.91. The molecule has 0 unspecified atom stereocenters. The zero-order valence-electron chi connectivity index (χ0n) is 17.1. The average molecular weight is 412 g/mol. The third kappa shape index (κ3) is 4.86. The van der Waals surface area contributed by atoms with Crippen LogP contribution in [0.2, 0.25) is 0 Å². The zero-order valence-corrected chi connectivity index (χ0v) is 17.1. The summed E-state index contributed by atoms with van der Waals surface area (Å²) in [5.41, 5.74) is 7.15. The minimum absolute atomic E-state index is 0.231. The van der Waals surface area contributed by atoms with Gasteiger partial charge in [-0.1, -0.05) is 12.1 Å². The van der Waals surface area contributed by atoms with Gasteiger partial charge in [0.25, 0.3) is 0 Å². The van der Waals surface area contributed by atoms with Crippen LogP contribution < -0.4 is 22.1 Å². The number of nitrogens with two attached hydrogens (primary N) is 1. The van der Waals surface area contributed by atoms with Crippen molar-refractivity contribution in [3.63, 3.8) is 0 Å². The minimum Gasteiger partial charge on any atom is -0.330 e. The summed E-state index contributed by atoms with van der Waals surface area (Å²) in [5.74, 6) is 0.991. The molecule has 0 atom stereocenters. The fraction of sp³-hybridized carbons (Fsp3) is 0.476. The lowest BCUT2D eigenvalue weighted by molar-refractivity contribution is 0.0881. The van der Waals surface area contributed by atoms with E-state index >= 15 is 0 Å². The number of rotatable bonds is 6. The Morgan fingerprint density at radius 2 is 1.90 bits per heavy atom. The molecule has 9 heteroatoms. The Hall–Kier alpha value is -2.75. The maximum absolute atomic E-state index is 12.5. The van der Waals surface area contributed by atoms with Gasteiger partial charge in [-0.05, 0) is 42.6 Å². The molecule has 2 saturated heterocycles. The lowest BCUT2D eigenvalue weighted by Gasteiger charge is -2.39. The number of amides is 2. The average Bonchev–Trinajstić information content (AvgIpc) is 2.74. The number of nitrogens with one attached hydrogen (secondary N) is 2. The topological polar surface area (TPSA) is 109 Å². The second-order valence-electron chi connectivity index (χ2n) is 7.94. The van der Waals surface area contributed by atoms with Crippen LogP contribution in [0.25, 0.3) is 5.69 Å². The van der Waals surface area contributed by atoms with Crippen molar-refractivity contribution >= 4 is 11.8 Å². The van der Waals surface area contributed by atoms with Crippen molar-refractivity contribution in [2.75, 3.05) is 51.1 Å². The maximum atomic E-state index is 12.5. The summed E-state index contributed by atoms with van der Waals surface area (Å²) >= 11 is 0. The maximum Gasteiger partial charge on any atom is 0.354 e. The molecule has 1 aromatic heterocycles. The number of carbonyl (C=O) groups is 1. The first-order valence-corrected chi connectivity index (χ1v) is 10.5. The first kappa shape index (κ1) is 20.5. The molecular weight excluding hydrogens is 382 g/mol. The molecular formula is C21H29N7O2. The lowest BCUT2D eigenvalue weighted by atomic mass is 9.96. The third-order valence-electron chi connectivity index (χ3n) is 5.67. The van der Waals surface area contributed by atoms with E-state index in [1.807, 2.05) is 24.3 Å². The Kier molecular flexibility index (Phi) is 6.41. The number of nitrogens with zero attached hydrogens (tertiary/aromatic N) is 4. The highest BCUT2D eigenvalue weighted by molar-refractivity contribution is 5.88. The van der Waals surface area contributed by atoms with E-state index in [1.54, 1.807) is 17.2 Å². The Morgan fingerprint density at radius 1 is 1.17 bits per heavy atom. The van der Waals surface area contributed by atoms with E-state index in [1.165, 1.54) is 10.1 Å². The number of likely N-dealkylation sites (tertiary alicyclic amines) is 1. The van der Waals surface area contributed by atoms with Crippen LogP contribution in [0, 0.1) is 5.92 Å². The van der Waals surface area contributed by atoms with Crippen LogP contribution in [-0.4, -0.2) is 71.2 Å². The number of aromatic nitrogens is 2. The fourth-order valence-corrected chi connectivity index (χ4v) is 3.97. The molecule has 2 aliphatic rings. The fourth-order valence-electron chi connectivity index (χ4n) is 3.97. The van der Waals surface area contributed by atoms with Crippen LogP contribution in [-0.2, 0) is 6.54 Å². The van der Waals surface area contributed by atoms with Crippen molar-refractivity contribution in [2.24, 2.45) is 11.7 Å². The summed E-state index contributed by atoms with van der Waals surface area (Å²) < 4.78 is 1.48. The standard InChI is InChI=1S/C21H29N7O2/c22-7-5-17-14-26(15-17)13-16-1-3-18(4-2-16)28-10-6-19(25-21(28)30)24-20(29)27-11-8-23-9-12-27/h1-4,6,10,17,23H,5,7-9,11-15,22H2,(H,24,25,29,30). The number of urea groups is 1. The number of anilines is 1. The molecule has 0 aliphatic carbocycles. The molecule has 4 N–H and O–H groups in total. The van der Waals surface area contributed by atoms with E-state index in [0.717, 1.165) is 57.3 Å². The normalized spacial score (nSPS) is 17.6. The Morgan fingerprint density at radius 3 is 2.57 bits per heavy atom. The second-order valence-corrected chi connectivity index (χ2v) is 7.94. The molecule has 0 spiro atoms. The van der Waals surface area contributed by atoms with Crippen LogP contribution >= 0.6 is 0 Å². The zero-order chi connectivity index (χ0) is 20.9. The molecule has 2 fully saturated rings. The molecule has 160 valence electrons. The molecule has 3 heterocycles. The second kappa shape index (κ2) is 9.38. The predicted molar refractivity (Wildman–Crippen MR) is 116 cm³/mol. The third-order valence-corrected chi connectivity index (χ3v) is 5.67. The van der Waals surface area contributed by atoms with Gasteiger partial charge in [-0.2, -0.15) is 4.98 Å².